The summed E-state index contributed by atoms with van der Waals surface area (Å²) in [5.74, 6) is 0.408. The summed E-state index contributed by atoms with van der Waals surface area (Å²) in [6.07, 6.45) is 0. The lowest BCUT2D eigenvalue weighted by molar-refractivity contribution is -0.123. The van der Waals surface area contributed by atoms with Gasteiger partial charge in [0, 0.05) is 7.11 Å². The fraction of sp³-hybridized carbons (Fsp3) is 0.273. The molecule has 0 bridgehead atoms. The second kappa shape index (κ2) is 6.49. The SMILES string of the molecule is COCC(=O)NC(N)=Nc1ccc(OC)cc1. The lowest BCUT2D eigenvalue weighted by atomic mass is 10.3. The second-order valence-corrected chi connectivity index (χ2v) is 3.18. The maximum absolute atomic E-state index is 11.1. The molecule has 0 saturated carbocycles. The van der Waals surface area contributed by atoms with Crippen LogP contribution in [0.15, 0.2) is 29.3 Å². The molecule has 0 heterocycles. The Labute approximate surface area is 99.4 Å². The highest BCUT2D eigenvalue weighted by molar-refractivity contribution is 5.97. The molecule has 0 unspecified atom stereocenters. The van der Waals surface area contributed by atoms with Gasteiger partial charge in [-0.2, -0.15) is 0 Å². The van der Waals surface area contributed by atoms with Crippen molar-refractivity contribution in [3.63, 3.8) is 0 Å². The van der Waals surface area contributed by atoms with Crippen LogP contribution in [0, 0.1) is 0 Å². The summed E-state index contributed by atoms with van der Waals surface area (Å²) in [6.45, 7) is -0.0567. The molecular weight excluding hydrogens is 222 g/mol. The number of ether oxygens (including phenoxy) is 2. The highest BCUT2D eigenvalue weighted by atomic mass is 16.5. The van der Waals surface area contributed by atoms with E-state index in [9.17, 15) is 4.79 Å². The van der Waals surface area contributed by atoms with E-state index in [-0.39, 0.29) is 18.5 Å². The number of rotatable bonds is 4. The molecule has 6 heteroatoms. The van der Waals surface area contributed by atoms with Gasteiger partial charge in [0.1, 0.15) is 12.4 Å². The standard InChI is InChI=1S/C11H15N3O3/c1-16-7-10(15)14-11(12)13-8-3-5-9(17-2)6-4-8/h3-6H,7H2,1-2H3,(H3,12,13,14,15). The third kappa shape index (κ3) is 4.52. The number of benzene rings is 1. The van der Waals surface area contributed by atoms with E-state index in [1.165, 1.54) is 7.11 Å². The van der Waals surface area contributed by atoms with Crippen LogP contribution in [0.5, 0.6) is 5.75 Å². The van der Waals surface area contributed by atoms with Crippen LogP contribution in [0.3, 0.4) is 0 Å². The van der Waals surface area contributed by atoms with E-state index in [1.807, 2.05) is 0 Å². The van der Waals surface area contributed by atoms with Gasteiger partial charge in [-0.3, -0.25) is 10.1 Å². The van der Waals surface area contributed by atoms with Gasteiger partial charge in [0.05, 0.1) is 12.8 Å². The van der Waals surface area contributed by atoms with Crippen molar-refractivity contribution < 1.29 is 14.3 Å². The first-order valence-electron chi connectivity index (χ1n) is 4.92. The number of nitrogens with two attached hydrogens (primary N) is 1. The van der Waals surface area contributed by atoms with Gasteiger partial charge in [0.2, 0.25) is 5.96 Å². The Hall–Kier alpha value is -2.08. The zero-order valence-corrected chi connectivity index (χ0v) is 9.77. The number of aliphatic imine (C=N–C) groups is 1. The molecular formula is C11H15N3O3. The van der Waals surface area contributed by atoms with Crippen LogP contribution in [0.1, 0.15) is 0 Å². The minimum absolute atomic E-state index is 0.0252. The van der Waals surface area contributed by atoms with E-state index in [1.54, 1.807) is 31.4 Å². The van der Waals surface area contributed by atoms with Crippen LogP contribution < -0.4 is 15.8 Å². The van der Waals surface area contributed by atoms with E-state index >= 15 is 0 Å². The molecule has 0 aromatic heterocycles. The normalized spacial score (nSPS) is 11.1. The summed E-state index contributed by atoms with van der Waals surface area (Å²) in [5.41, 5.74) is 6.16. The minimum Gasteiger partial charge on any atom is -0.497 e. The Bertz CT molecular complexity index is 401. The van der Waals surface area contributed by atoms with Crippen LogP contribution >= 0.6 is 0 Å². The zero-order chi connectivity index (χ0) is 12.7. The number of carbonyl (C=O) groups is 1. The Morgan fingerprint density at radius 1 is 1.35 bits per heavy atom. The number of nitrogens with zero attached hydrogens (tertiary/aromatic N) is 1. The summed E-state index contributed by atoms with van der Waals surface area (Å²) in [6, 6.07) is 6.97. The topological polar surface area (TPSA) is 85.9 Å². The predicted octanol–water partition coefficient (Wildman–Crippen LogP) is 0.404. The number of carbonyl (C=O) groups excluding carboxylic acids is 1. The molecule has 0 atom stereocenters. The van der Waals surface area contributed by atoms with E-state index < -0.39 is 0 Å². The first-order chi connectivity index (χ1) is 8.15. The van der Waals surface area contributed by atoms with Crippen LogP contribution in [0.25, 0.3) is 0 Å². The number of amides is 1. The Kier molecular flexibility index (Phi) is 4.96. The average Bonchev–Trinajstić information content (AvgIpc) is 2.30. The zero-order valence-electron chi connectivity index (χ0n) is 9.77. The van der Waals surface area contributed by atoms with Gasteiger partial charge in [-0.15, -0.1) is 0 Å². The van der Waals surface area contributed by atoms with Gasteiger partial charge in [-0.05, 0) is 24.3 Å². The molecule has 1 amide bonds. The van der Waals surface area contributed by atoms with E-state index in [2.05, 4.69) is 15.0 Å². The largest absolute Gasteiger partial charge is 0.497 e. The van der Waals surface area contributed by atoms with Crippen molar-refractivity contribution in [3.8, 4) is 5.75 Å². The average molecular weight is 237 g/mol. The first-order valence-corrected chi connectivity index (χ1v) is 4.92. The maximum Gasteiger partial charge on any atom is 0.252 e. The van der Waals surface area contributed by atoms with Gasteiger partial charge in [-0.25, -0.2) is 4.99 Å². The summed E-state index contributed by atoms with van der Waals surface area (Å²) >= 11 is 0. The summed E-state index contributed by atoms with van der Waals surface area (Å²) < 4.78 is 9.65. The van der Waals surface area contributed by atoms with Crippen molar-refractivity contribution in [2.45, 2.75) is 0 Å². The first kappa shape index (κ1) is 13.0. The number of hydrogen-bond acceptors (Lipinski definition) is 4. The fourth-order valence-corrected chi connectivity index (χ4v) is 1.13. The monoisotopic (exact) mass is 237 g/mol. The van der Waals surface area contributed by atoms with Crippen molar-refractivity contribution in [1.82, 2.24) is 5.32 Å². The Morgan fingerprint density at radius 2 is 2.00 bits per heavy atom. The lowest BCUT2D eigenvalue weighted by Crippen LogP contribution is -2.38. The number of hydrogen-bond donors (Lipinski definition) is 2. The van der Waals surface area contributed by atoms with Crippen LogP contribution in [-0.4, -0.2) is 32.7 Å². The molecule has 1 aromatic carbocycles. The molecule has 0 spiro atoms. The molecule has 0 aliphatic rings. The molecule has 0 fully saturated rings. The highest BCUT2D eigenvalue weighted by Crippen LogP contribution is 2.17. The van der Waals surface area contributed by atoms with E-state index in [4.69, 9.17) is 10.5 Å². The third-order valence-corrected chi connectivity index (χ3v) is 1.86. The molecule has 92 valence electrons. The molecule has 0 radical (unpaired) electrons. The van der Waals surface area contributed by atoms with Gasteiger partial charge in [0.25, 0.3) is 5.91 Å². The Morgan fingerprint density at radius 3 is 2.53 bits per heavy atom. The summed E-state index contributed by atoms with van der Waals surface area (Å²) in [7, 11) is 3.01. The third-order valence-electron chi connectivity index (χ3n) is 1.86. The van der Waals surface area contributed by atoms with E-state index in [0.717, 1.165) is 5.75 Å². The summed E-state index contributed by atoms with van der Waals surface area (Å²) in [4.78, 5) is 15.1. The van der Waals surface area contributed by atoms with Crippen molar-refractivity contribution in [2.75, 3.05) is 20.8 Å². The molecule has 1 aromatic rings. The fourth-order valence-electron chi connectivity index (χ4n) is 1.13. The smallest absolute Gasteiger partial charge is 0.252 e. The maximum atomic E-state index is 11.1. The minimum atomic E-state index is -0.345. The van der Waals surface area contributed by atoms with Crippen molar-refractivity contribution in [1.29, 1.82) is 0 Å². The molecule has 0 aliphatic heterocycles. The van der Waals surface area contributed by atoms with Gasteiger partial charge in [0.15, 0.2) is 0 Å². The molecule has 17 heavy (non-hydrogen) atoms. The highest BCUT2D eigenvalue weighted by Gasteiger charge is 2.01. The number of nitrogens with one attached hydrogen (secondary N) is 1. The van der Waals surface area contributed by atoms with Crippen molar-refractivity contribution in [3.05, 3.63) is 24.3 Å². The second-order valence-electron chi connectivity index (χ2n) is 3.18. The molecule has 6 nitrogen and oxygen atoms in total. The van der Waals surface area contributed by atoms with Crippen molar-refractivity contribution >= 4 is 17.6 Å². The van der Waals surface area contributed by atoms with E-state index in [0.29, 0.717) is 5.69 Å². The molecule has 3 N–H and O–H groups in total. The predicted molar refractivity (Wildman–Crippen MR) is 64.3 cm³/mol. The molecule has 0 aliphatic carbocycles. The van der Waals surface area contributed by atoms with Gasteiger partial charge < -0.3 is 15.2 Å². The molecule has 1 rings (SSSR count). The number of guanidine groups is 1. The molecule has 0 saturated heterocycles. The lowest BCUT2D eigenvalue weighted by Gasteiger charge is -2.03. The quantitative estimate of drug-likeness (QED) is 0.586. The number of methoxy groups -OCH3 is 2. The van der Waals surface area contributed by atoms with Crippen LogP contribution in [-0.2, 0) is 9.53 Å². The van der Waals surface area contributed by atoms with Crippen LogP contribution in [0.4, 0.5) is 5.69 Å². The van der Waals surface area contributed by atoms with Crippen LogP contribution in [0.2, 0.25) is 0 Å². The Balaban J connectivity index is 2.63. The van der Waals surface area contributed by atoms with Gasteiger partial charge in [-0.1, -0.05) is 0 Å². The van der Waals surface area contributed by atoms with Crippen molar-refractivity contribution in [2.24, 2.45) is 10.7 Å². The van der Waals surface area contributed by atoms with Gasteiger partial charge >= 0.3 is 0 Å². The summed E-state index contributed by atoms with van der Waals surface area (Å²) in [5, 5.41) is 2.39.